The van der Waals surface area contributed by atoms with Crippen molar-refractivity contribution in [2.24, 2.45) is 5.92 Å². The van der Waals surface area contributed by atoms with Crippen LogP contribution in [0.3, 0.4) is 0 Å². The second-order valence-corrected chi connectivity index (χ2v) is 6.47. The molecule has 2 aliphatic heterocycles. The maximum atomic E-state index is 12.8. The Hall–Kier alpha value is -3.28. The first kappa shape index (κ1) is 17.1. The van der Waals surface area contributed by atoms with Crippen LogP contribution in [0.15, 0.2) is 60.8 Å². The molecule has 2 aromatic carbocycles. The van der Waals surface area contributed by atoms with Crippen molar-refractivity contribution in [3.8, 4) is 0 Å². The van der Waals surface area contributed by atoms with Crippen molar-refractivity contribution in [3.63, 3.8) is 0 Å². The molecule has 4 rings (SSSR count). The van der Waals surface area contributed by atoms with E-state index in [-0.39, 0.29) is 6.04 Å². The second kappa shape index (κ2) is 6.79. The van der Waals surface area contributed by atoms with Crippen molar-refractivity contribution in [3.05, 3.63) is 71.9 Å². The van der Waals surface area contributed by atoms with Crippen LogP contribution < -0.4 is 5.01 Å². The molecule has 0 aliphatic carbocycles. The largest absolute Gasteiger partial charge is 0.469 e. The highest BCUT2D eigenvalue weighted by atomic mass is 16.5. The summed E-state index contributed by atoms with van der Waals surface area (Å²) in [5.74, 6) is -1.65. The number of hydrazine groups is 1. The number of hydrogen-bond donors (Lipinski definition) is 0. The number of benzene rings is 2. The Morgan fingerprint density at radius 1 is 0.889 bits per heavy atom. The minimum Gasteiger partial charge on any atom is -0.469 e. The summed E-state index contributed by atoms with van der Waals surface area (Å²) >= 11 is 0. The number of methoxy groups -OCH3 is 2. The van der Waals surface area contributed by atoms with Gasteiger partial charge in [0.05, 0.1) is 25.9 Å². The number of carbonyl (C=O) groups is 2. The van der Waals surface area contributed by atoms with Crippen LogP contribution in [-0.2, 0) is 19.1 Å². The highest BCUT2D eigenvalue weighted by Gasteiger charge is 2.56. The molecule has 138 valence electrons. The van der Waals surface area contributed by atoms with E-state index in [0.29, 0.717) is 0 Å². The van der Waals surface area contributed by atoms with E-state index in [1.54, 1.807) is 0 Å². The third kappa shape index (κ3) is 2.65. The fourth-order valence-corrected chi connectivity index (χ4v) is 3.99. The standard InChI is InChI=1S/C21H20N2O4/c1-26-20(24)17-18-16-11-7-6-8-14(16)12-13-22(18)23(19(17)21(25)27-2)15-9-4-3-5-10-15/h3-13,17-19H,1-2H3/t17-,18-,19-/m1/s1. The van der Waals surface area contributed by atoms with Crippen LogP contribution in [0.2, 0.25) is 0 Å². The van der Waals surface area contributed by atoms with Crippen molar-refractivity contribution in [2.45, 2.75) is 12.1 Å². The van der Waals surface area contributed by atoms with E-state index in [0.717, 1.165) is 16.8 Å². The molecule has 6 heteroatoms. The van der Waals surface area contributed by atoms with Crippen LogP contribution in [-0.4, -0.2) is 37.2 Å². The molecule has 0 unspecified atom stereocenters. The van der Waals surface area contributed by atoms with E-state index in [2.05, 4.69) is 0 Å². The van der Waals surface area contributed by atoms with Crippen molar-refractivity contribution >= 4 is 23.7 Å². The molecule has 0 amide bonds. The van der Waals surface area contributed by atoms with Gasteiger partial charge >= 0.3 is 11.9 Å². The van der Waals surface area contributed by atoms with Gasteiger partial charge in [0, 0.05) is 6.20 Å². The highest BCUT2D eigenvalue weighted by Crippen LogP contribution is 2.47. The maximum Gasteiger partial charge on any atom is 0.331 e. The first-order valence-electron chi connectivity index (χ1n) is 8.72. The SMILES string of the molecule is COC(=O)[C@@H]1[C@H]2c3ccccc3C=CN2N(c2ccccc2)[C@H]1C(=O)OC. The van der Waals surface area contributed by atoms with Gasteiger partial charge in [-0.15, -0.1) is 0 Å². The predicted molar refractivity (Wildman–Crippen MR) is 100 cm³/mol. The summed E-state index contributed by atoms with van der Waals surface area (Å²) in [7, 11) is 2.68. The first-order valence-corrected chi connectivity index (χ1v) is 8.72. The Morgan fingerprint density at radius 2 is 1.56 bits per heavy atom. The van der Waals surface area contributed by atoms with Gasteiger partial charge in [-0.1, -0.05) is 42.5 Å². The number of rotatable bonds is 3. The fourth-order valence-electron chi connectivity index (χ4n) is 3.99. The maximum absolute atomic E-state index is 12.8. The molecule has 6 nitrogen and oxygen atoms in total. The minimum absolute atomic E-state index is 0.358. The van der Waals surface area contributed by atoms with Gasteiger partial charge in [-0.05, 0) is 29.3 Å². The van der Waals surface area contributed by atoms with E-state index in [1.165, 1.54) is 14.2 Å². The van der Waals surface area contributed by atoms with Gasteiger partial charge in [0.15, 0.2) is 6.04 Å². The van der Waals surface area contributed by atoms with Crippen LogP contribution in [0.1, 0.15) is 17.2 Å². The summed E-state index contributed by atoms with van der Waals surface area (Å²) < 4.78 is 10.1. The van der Waals surface area contributed by atoms with E-state index in [1.807, 2.05) is 76.9 Å². The molecule has 0 bridgehead atoms. The number of carbonyl (C=O) groups excluding carboxylic acids is 2. The van der Waals surface area contributed by atoms with Gasteiger partial charge in [0.1, 0.15) is 5.92 Å². The van der Waals surface area contributed by atoms with E-state index in [4.69, 9.17) is 9.47 Å². The molecule has 1 saturated heterocycles. The summed E-state index contributed by atoms with van der Waals surface area (Å²) in [6.45, 7) is 0. The normalized spacial score (nSPS) is 22.8. The molecule has 0 spiro atoms. The number of ether oxygens (including phenoxy) is 2. The summed E-state index contributed by atoms with van der Waals surface area (Å²) in [4.78, 5) is 25.5. The average molecular weight is 364 g/mol. The fraction of sp³-hybridized carbons (Fsp3) is 0.238. The van der Waals surface area contributed by atoms with Crippen molar-refractivity contribution < 1.29 is 19.1 Å². The second-order valence-electron chi connectivity index (χ2n) is 6.47. The van der Waals surface area contributed by atoms with Crippen molar-refractivity contribution in [2.75, 3.05) is 19.2 Å². The van der Waals surface area contributed by atoms with Crippen LogP contribution in [0.5, 0.6) is 0 Å². The summed E-state index contributed by atoms with van der Waals surface area (Å²) in [5, 5.41) is 3.76. The lowest BCUT2D eigenvalue weighted by molar-refractivity contribution is -0.153. The lowest BCUT2D eigenvalue weighted by Crippen LogP contribution is -2.46. The molecular weight excluding hydrogens is 344 g/mol. The number of esters is 2. The van der Waals surface area contributed by atoms with Crippen LogP contribution in [0.4, 0.5) is 5.69 Å². The number of para-hydroxylation sites is 1. The lowest BCUT2D eigenvalue weighted by atomic mass is 9.85. The van der Waals surface area contributed by atoms with Gasteiger partial charge in [-0.2, -0.15) is 0 Å². The van der Waals surface area contributed by atoms with Crippen molar-refractivity contribution in [1.82, 2.24) is 5.01 Å². The van der Waals surface area contributed by atoms with E-state index >= 15 is 0 Å². The zero-order chi connectivity index (χ0) is 19.0. The molecule has 1 fully saturated rings. The first-order chi connectivity index (χ1) is 13.2. The lowest BCUT2D eigenvalue weighted by Gasteiger charge is -2.36. The quantitative estimate of drug-likeness (QED) is 0.781. The smallest absolute Gasteiger partial charge is 0.331 e. The molecule has 0 radical (unpaired) electrons. The third-order valence-corrected chi connectivity index (χ3v) is 5.14. The van der Waals surface area contributed by atoms with Gasteiger partial charge in [-0.3, -0.25) is 14.8 Å². The Labute approximate surface area is 157 Å². The Kier molecular flexibility index (Phi) is 4.32. The minimum atomic E-state index is -0.828. The molecular formula is C21H20N2O4. The predicted octanol–water partition coefficient (Wildman–Crippen LogP) is 2.78. The molecule has 2 aliphatic rings. The summed E-state index contributed by atoms with van der Waals surface area (Å²) in [5.41, 5.74) is 2.79. The molecule has 0 N–H and O–H groups in total. The Balaban J connectivity index is 1.92. The van der Waals surface area contributed by atoms with Crippen LogP contribution in [0, 0.1) is 5.92 Å². The third-order valence-electron chi connectivity index (χ3n) is 5.14. The van der Waals surface area contributed by atoms with Gasteiger partial charge in [-0.25, -0.2) is 4.79 Å². The molecule has 0 aromatic heterocycles. The van der Waals surface area contributed by atoms with Gasteiger partial charge < -0.3 is 9.47 Å². The van der Waals surface area contributed by atoms with Crippen LogP contribution in [0.25, 0.3) is 6.08 Å². The number of hydrogen-bond acceptors (Lipinski definition) is 6. The zero-order valence-corrected chi connectivity index (χ0v) is 15.1. The van der Waals surface area contributed by atoms with Gasteiger partial charge in [0.25, 0.3) is 0 Å². The molecule has 2 heterocycles. The topological polar surface area (TPSA) is 59.1 Å². The molecule has 3 atom stereocenters. The molecule has 27 heavy (non-hydrogen) atoms. The number of fused-ring (bicyclic) bond motifs is 3. The Morgan fingerprint density at radius 3 is 2.26 bits per heavy atom. The summed E-state index contributed by atoms with van der Waals surface area (Å²) in [6, 6.07) is 16.2. The Bertz CT molecular complexity index is 880. The van der Waals surface area contributed by atoms with Gasteiger partial charge in [0.2, 0.25) is 0 Å². The zero-order valence-electron chi connectivity index (χ0n) is 15.1. The van der Waals surface area contributed by atoms with E-state index < -0.39 is 23.9 Å². The number of anilines is 1. The number of nitrogens with zero attached hydrogens (tertiary/aromatic N) is 2. The van der Waals surface area contributed by atoms with E-state index in [9.17, 15) is 9.59 Å². The highest BCUT2D eigenvalue weighted by molar-refractivity contribution is 5.90. The monoisotopic (exact) mass is 364 g/mol. The van der Waals surface area contributed by atoms with Crippen LogP contribution >= 0.6 is 0 Å². The summed E-state index contributed by atoms with van der Waals surface area (Å²) in [6.07, 6.45) is 3.88. The molecule has 2 aromatic rings. The average Bonchev–Trinajstić information content (AvgIpc) is 3.08. The molecule has 0 saturated carbocycles. The van der Waals surface area contributed by atoms with Crippen molar-refractivity contribution in [1.29, 1.82) is 0 Å².